The number of nitrogens with two attached hydrogens (primary N) is 4. The summed E-state index contributed by atoms with van der Waals surface area (Å²) in [7, 11) is 0. The molecular weight excluding hydrogens is 1380 g/mol. The van der Waals surface area contributed by atoms with Gasteiger partial charge >= 0.3 is 11.9 Å². The topological polar surface area (TPSA) is 603 Å². The van der Waals surface area contributed by atoms with Crippen LogP contribution >= 0.6 is 0 Å². The van der Waals surface area contributed by atoms with Crippen molar-refractivity contribution in [1.82, 2.24) is 69.1 Å². The third-order valence-electron chi connectivity index (χ3n) is 17.4. The standard InChI is InChI=1S/C69H112N18O19/c1-10-37(5)55(57(71)95)86-68(106)56(38(6)11-2)87-67(105)51(35-54(93)94)85-66(104)50(34-42-20-13-12-14-21-42)84-64(102)48(32-36(3)4)82-61(99)43(22-15-17-29-70)79-60(98)45(24-19-31-75-69(72)73)81-65(103)49(33-39(7)88)83-62(100)44-23-16-18-30-74-52(90)27-25-46(77-41(9)89)59(97)76-40(8)58(96)78-47(63(101)80-44)26-28-53(91)92/h12-14,20-21,36-38,40,43-51,55-56H,10-11,15-19,22-35,70H2,1-9H3,(H2,71,95)(H,74,90)(H,76,97)(H,77,89)(H,78,96)(H,79,98)(H,80,101)(H,81,103)(H,82,99)(H,83,100)(H,84,102)(H,85,104)(H,86,106)(H,87,105)(H,91,92)(H,93,94)(H4,72,73,75)/t37-,38-,40-,43-,44-,45-,46+,47-,48-,49-,50-,51-,55-,56-/m0/s1. The Kier molecular flexibility index (Phi) is 41.4. The van der Waals surface area contributed by atoms with Crippen LogP contribution in [0.1, 0.15) is 177 Å². The Hall–Kier alpha value is -10.4. The number of unbranched alkanes of at least 4 members (excludes halogenated alkanes) is 1. The number of ketones is 1. The number of Topliss-reactive ketones (excluding diaryl/α,β-unsaturated/α-hetero) is 1. The molecule has 0 spiro atoms. The van der Waals surface area contributed by atoms with Crippen molar-refractivity contribution < 1.29 is 91.7 Å². The number of amides is 14. The van der Waals surface area contributed by atoms with Crippen LogP contribution in [0.2, 0.25) is 0 Å². The molecule has 0 bridgehead atoms. The second kappa shape index (κ2) is 47.9. The molecule has 106 heavy (non-hydrogen) atoms. The number of hydrogen-bond donors (Lipinski definition) is 19. The highest BCUT2D eigenvalue weighted by molar-refractivity contribution is 6.01. The molecule has 1 heterocycles. The van der Waals surface area contributed by atoms with Gasteiger partial charge in [0.05, 0.1) is 6.42 Å². The number of carbonyl (C=O) groups is 17. The number of aliphatic imine (C=N–C) groups is 1. The third-order valence-corrected chi connectivity index (χ3v) is 17.4. The molecule has 0 saturated carbocycles. The number of carboxylic acids is 2. The van der Waals surface area contributed by atoms with Gasteiger partial charge in [0.2, 0.25) is 82.7 Å². The minimum absolute atomic E-state index is 0.00987. The first-order valence-corrected chi connectivity index (χ1v) is 35.8. The van der Waals surface area contributed by atoms with Crippen LogP contribution in [0.4, 0.5) is 0 Å². The van der Waals surface area contributed by atoms with Crippen molar-refractivity contribution in [3.8, 4) is 0 Å². The number of nitrogens with zero attached hydrogens (tertiary/aromatic N) is 1. The van der Waals surface area contributed by atoms with Crippen LogP contribution < -0.4 is 92.1 Å². The maximum Gasteiger partial charge on any atom is 0.305 e. The van der Waals surface area contributed by atoms with Crippen LogP contribution in [0, 0.1) is 17.8 Å². The van der Waals surface area contributed by atoms with Gasteiger partial charge in [0.25, 0.3) is 0 Å². The van der Waals surface area contributed by atoms with E-state index in [0.717, 1.165) is 13.8 Å². The SMILES string of the molecule is CC[C@H](C)[C@H](NC(=O)[C@@H](NC(=O)[C@H](CC(=O)O)NC(=O)[C@H](Cc1ccccc1)NC(=O)[C@H](CC(C)C)NC(=O)[C@H](CCCCN)NC(=O)[C@H](CCCN=C(N)N)NC(=O)[C@H](CC(C)=O)NC(=O)[C@@H]1CCCCNC(=O)CC[C@@H](NC(C)=O)C(=O)N[C@@H](C)C(=O)N[C@@H](CCC(=O)O)C(=O)N1)[C@@H](C)CC)C(N)=O. The first-order valence-electron chi connectivity index (χ1n) is 35.8. The van der Waals surface area contributed by atoms with E-state index in [2.05, 4.69) is 74.1 Å². The number of hydrogen-bond acceptors (Lipinski definition) is 19. The molecule has 0 aromatic heterocycles. The highest BCUT2D eigenvalue weighted by atomic mass is 16.4. The largest absolute Gasteiger partial charge is 0.481 e. The monoisotopic (exact) mass is 1500 g/mol. The molecule has 14 amide bonds. The molecule has 1 aromatic carbocycles. The van der Waals surface area contributed by atoms with Gasteiger partial charge < -0.3 is 102 Å². The Balaban J connectivity index is 2.64. The van der Waals surface area contributed by atoms with Crippen molar-refractivity contribution >= 4 is 106 Å². The summed E-state index contributed by atoms with van der Waals surface area (Å²) in [4.78, 5) is 235. The smallest absolute Gasteiger partial charge is 0.305 e. The zero-order valence-corrected chi connectivity index (χ0v) is 62.0. The van der Waals surface area contributed by atoms with Crippen LogP contribution in [0.15, 0.2) is 35.3 Å². The molecule has 37 nitrogen and oxygen atoms in total. The molecule has 37 heteroatoms. The summed E-state index contributed by atoms with van der Waals surface area (Å²) in [6.07, 6.45) is -2.70. The zero-order chi connectivity index (χ0) is 79.9. The number of benzene rings is 1. The summed E-state index contributed by atoms with van der Waals surface area (Å²) in [5.41, 5.74) is 23.1. The van der Waals surface area contributed by atoms with E-state index in [4.69, 9.17) is 22.9 Å². The number of primary amides is 1. The Morgan fingerprint density at radius 2 is 1.12 bits per heavy atom. The van der Waals surface area contributed by atoms with Gasteiger partial charge in [-0.05, 0) is 114 Å². The molecule has 1 aliphatic heterocycles. The van der Waals surface area contributed by atoms with Gasteiger partial charge in [0, 0.05) is 45.7 Å². The average Bonchev–Trinajstić information content (AvgIpc) is 0.856. The van der Waals surface area contributed by atoms with Gasteiger partial charge in [-0.1, -0.05) is 84.7 Å². The minimum atomic E-state index is -1.85. The number of nitrogens with one attached hydrogen (secondary N) is 13. The fourth-order valence-electron chi connectivity index (χ4n) is 11.1. The van der Waals surface area contributed by atoms with Crippen LogP contribution in [0.3, 0.4) is 0 Å². The van der Waals surface area contributed by atoms with E-state index in [1.54, 1.807) is 71.9 Å². The first kappa shape index (κ1) is 91.7. The second-order valence-electron chi connectivity index (χ2n) is 27.0. The zero-order valence-electron chi connectivity index (χ0n) is 62.0. The number of carboxylic acid groups (broad SMARTS) is 2. The normalized spacial score (nSPS) is 18.8. The average molecular weight is 1500 g/mol. The Morgan fingerprint density at radius 1 is 0.585 bits per heavy atom. The Labute approximate surface area is 616 Å². The quantitative estimate of drug-likeness (QED) is 0.0170. The van der Waals surface area contributed by atoms with Gasteiger partial charge in [0.1, 0.15) is 78.3 Å². The molecule has 0 unspecified atom stereocenters. The van der Waals surface area contributed by atoms with E-state index >= 15 is 0 Å². The maximum absolute atomic E-state index is 14.7. The summed E-state index contributed by atoms with van der Waals surface area (Å²) < 4.78 is 0. The highest BCUT2D eigenvalue weighted by Gasteiger charge is 2.39. The summed E-state index contributed by atoms with van der Waals surface area (Å²) in [5, 5.41) is 52.5. The first-order chi connectivity index (χ1) is 49.9. The lowest BCUT2D eigenvalue weighted by Crippen LogP contribution is -2.61. The van der Waals surface area contributed by atoms with E-state index in [1.807, 2.05) is 0 Å². The summed E-state index contributed by atoms with van der Waals surface area (Å²) >= 11 is 0. The van der Waals surface area contributed by atoms with E-state index in [9.17, 15) is 91.7 Å². The van der Waals surface area contributed by atoms with Crippen molar-refractivity contribution in [2.24, 2.45) is 45.7 Å². The van der Waals surface area contributed by atoms with Crippen LogP contribution in [-0.2, 0) is 87.9 Å². The van der Waals surface area contributed by atoms with Crippen LogP contribution in [0.5, 0.6) is 0 Å². The van der Waals surface area contributed by atoms with Gasteiger partial charge in [-0.2, -0.15) is 0 Å². The predicted molar refractivity (Wildman–Crippen MR) is 386 cm³/mol. The molecule has 592 valence electrons. The number of carbonyl (C=O) groups excluding carboxylic acids is 15. The Morgan fingerprint density at radius 3 is 1.68 bits per heavy atom. The van der Waals surface area contributed by atoms with Gasteiger partial charge in [-0.3, -0.25) is 86.5 Å². The van der Waals surface area contributed by atoms with E-state index in [0.29, 0.717) is 24.8 Å². The van der Waals surface area contributed by atoms with E-state index in [-0.39, 0.29) is 102 Å². The minimum Gasteiger partial charge on any atom is -0.481 e. The number of aliphatic carboxylic acids is 2. The fraction of sp³-hybridized carbons (Fsp3) is 0.652. The van der Waals surface area contributed by atoms with Gasteiger partial charge in [-0.15, -0.1) is 0 Å². The molecule has 0 radical (unpaired) electrons. The molecule has 1 aromatic rings. The Bertz CT molecular complexity index is 3230. The van der Waals surface area contributed by atoms with E-state index in [1.165, 1.54) is 6.92 Å². The van der Waals surface area contributed by atoms with E-state index < -0.39 is 210 Å². The highest BCUT2D eigenvalue weighted by Crippen LogP contribution is 2.16. The molecule has 14 atom stereocenters. The molecule has 0 aliphatic carbocycles. The molecule has 1 aliphatic rings. The summed E-state index contributed by atoms with van der Waals surface area (Å²) in [6.45, 7) is 13.8. The maximum atomic E-state index is 14.7. The number of guanidine groups is 1. The van der Waals surface area contributed by atoms with Gasteiger partial charge in [0.15, 0.2) is 5.96 Å². The van der Waals surface area contributed by atoms with Crippen molar-refractivity contribution in [2.45, 2.75) is 250 Å². The predicted octanol–water partition coefficient (Wildman–Crippen LogP) is -3.71. The lowest BCUT2D eigenvalue weighted by atomic mass is 9.94. The molecule has 2 rings (SSSR count). The van der Waals surface area contributed by atoms with Gasteiger partial charge in [-0.25, -0.2) is 0 Å². The molecular formula is C69H112N18O19. The van der Waals surface area contributed by atoms with Crippen LogP contribution in [0.25, 0.3) is 0 Å². The number of rotatable bonds is 41. The van der Waals surface area contributed by atoms with Crippen molar-refractivity contribution in [2.75, 3.05) is 19.6 Å². The summed E-state index contributed by atoms with van der Waals surface area (Å²) in [6, 6.07) is -9.90. The van der Waals surface area contributed by atoms with Crippen molar-refractivity contribution in [3.63, 3.8) is 0 Å². The molecule has 1 saturated heterocycles. The van der Waals surface area contributed by atoms with Crippen molar-refractivity contribution in [3.05, 3.63) is 35.9 Å². The fourth-order valence-corrected chi connectivity index (χ4v) is 11.1. The molecule has 23 N–H and O–H groups in total. The third kappa shape index (κ3) is 34.9. The van der Waals surface area contributed by atoms with Crippen molar-refractivity contribution in [1.29, 1.82) is 0 Å². The second-order valence-corrected chi connectivity index (χ2v) is 27.0. The lowest BCUT2D eigenvalue weighted by molar-refractivity contribution is -0.142. The molecule has 1 fully saturated rings. The lowest BCUT2D eigenvalue weighted by Gasteiger charge is -2.30. The summed E-state index contributed by atoms with van der Waals surface area (Å²) in [5.74, 6) is -18.1. The van der Waals surface area contributed by atoms with Crippen LogP contribution in [-0.4, -0.2) is 209 Å².